The van der Waals surface area contributed by atoms with Crippen molar-refractivity contribution in [2.24, 2.45) is 0 Å². The molecule has 1 amide bonds. The van der Waals surface area contributed by atoms with E-state index in [2.05, 4.69) is 9.97 Å². The third-order valence-corrected chi connectivity index (χ3v) is 4.80. The SMILES string of the molecule is COC(=O)CN(Cc1cc(OC)cc(OC)c1)C(=O)CSc1nc(C)cc(C)n1. The molecule has 0 radical (unpaired) electrons. The highest BCUT2D eigenvalue weighted by atomic mass is 32.2. The number of amides is 1. The number of thioether (sulfide) groups is 1. The summed E-state index contributed by atoms with van der Waals surface area (Å²) in [6.07, 6.45) is 0. The van der Waals surface area contributed by atoms with Crippen LogP contribution in [0.1, 0.15) is 17.0 Å². The van der Waals surface area contributed by atoms with Crippen LogP contribution in [0.3, 0.4) is 0 Å². The lowest BCUT2D eigenvalue weighted by atomic mass is 10.2. The number of methoxy groups -OCH3 is 3. The Kier molecular flexibility index (Phi) is 8.26. The van der Waals surface area contributed by atoms with Crippen molar-refractivity contribution >= 4 is 23.6 Å². The second-order valence-corrected chi connectivity index (χ2v) is 7.21. The van der Waals surface area contributed by atoms with E-state index in [1.165, 1.54) is 23.8 Å². The molecule has 1 aromatic heterocycles. The van der Waals surface area contributed by atoms with Crippen molar-refractivity contribution in [2.75, 3.05) is 33.6 Å². The molecule has 0 aliphatic heterocycles. The molecule has 0 N–H and O–H groups in total. The Labute approximate surface area is 174 Å². The van der Waals surface area contributed by atoms with Crippen LogP contribution in [0, 0.1) is 13.8 Å². The Morgan fingerprint density at radius 2 is 1.55 bits per heavy atom. The summed E-state index contributed by atoms with van der Waals surface area (Å²) in [5.74, 6) is 0.567. The van der Waals surface area contributed by atoms with Gasteiger partial charge < -0.3 is 19.1 Å². The number of esters is 1. The lowest BCUT2D eigenvalue weighted by molar-refractivity contribution is -0.146. The summed E-state index contributed by atoms with van der Waals surface area (Å²) < 4.78 is 15.3. The molecule has 8 nitrogen and oxygen atoms in total. The van der Waals surface area contributed by atoms with E-state index in [0.29, 0.717) is 16.7 Å². The standard InChI is InChI=1S/C20H25N3O5S/c1-13-6-14(2)22-20(21-13)29-12-18(24)23(11-19(25)28-5)10-15-7-16(26-3)9-17(8-15)27-4/h6-9H,10-12H2,1-5H3. The Balaban J connectivity index is 2.16. The highest BCUT2D eigenvalue weighted by molar-refractivity contribution is 7.99. The first-order valence-corrected chi connectivity index (χ1v) is 9.84. The number of carbonyl (C=O) groups excluding carboxylic acids is 2. The van der Waals surface area contributed by atoms with Crippen molar-refractivity contribution in [3.8, 4) is 11.5 Å². The smallest absolute Gasteiger partial charge is 0.325 e. The van der Waals surface area contributed by atoms with Crippen molar-refractivity contribution in [1.29, 1.82) is 0 Å². The summed E-state index contributed by atoms with van der Waals surface area (Å²) >= 11 is 1.23. The van der Waals surface area contributed by atoms with Gasteiger partial charge in [-0.3, -0.25) is 9.59 Å². The summed E-state index contributed by atoms with van der Waals surface area (Å²) in [4.78, 5) is 34.7. The molecular formula is C20H25N3O5S. The fraction of sp³-hybridized carbons (Fsp3) is 0.400. The van der Waals surface area contributed by atoms with Gasteiger partial charge in [-0.05, 0) is 37.6 Å². The summed E-state index contributed by atoms with van der Waals surface area (Å²) in [6, 6.07) is 7.19. The predicted octanol–water partition coefficient (Wildman–Crippen LogP) is 2.40. The Hall–Kier alpha value is -2.81. The quantitative estimate of drug-likeness (QED) is 0.348. The fourth-order valence-corrected chi connectivity index (χ4v) is 3.46. The van der Waals surface area contributed by atoms with Crippen molar-refractivity contribution in [3.63, 3.8) is 0 Å². The first-order chi connectivity index (χ1) is 13.8. The normalized spacial score (nSPS) is 10.4. The van der Waals surface area contributed by atoms with Crippen LogP contribution in [0.4, 0.5) is 0 Å². The van der Waals surface area contributed by atoms with E-state index in [-0.39, 0.29) is 24.7 Å². The average Bonchev–Trinajstić information content (AvgIpc) is 2.70. The van der Waals surface area contributed by atoms with Crippen LogP contribution in [0.25, 0.3) is 0 Å². The van der Waals surface area contributed by atoms with Crippen molar-refractivity contribution in [1.82, 2.24) is 14.9 Å². The number of aromatic nitrogens is 2. The molecule has 29 heavy (non-hydrogen) atoms. The number of rotatable bonds is 9. The molecule has 0 atom stereocenters. The van der Waals surface area contributed by atoms with Crippen LogP contribution in [-0.4, -0.2) is 60.4 Å². The zero-order valence-electron chi connectivity index (χ0n) is 17.2. The molecule has 9 heteroatoms. The van der Waals surface area contributed by atoms with E-state index in [9.17, 15) is 9.59 Å². The first-order valence-electron chi connectivity index (χ1n) is 8.86. The van der Waals surface area contributed by atoms with Gasteiger partial charge in [-0.15, -0.1) is 0 Å². The minimum absolute atomic E-state index is 0.0982. The molecule has 2 aromatic rings. The van der Waals surface area contributed by atoms with Gasteiger partial charge in [-0.1, -0.05) is 11.8 Å². The van der Waals surface area contributed by atoms with Crippen LogP contribution >= 0.6 is 11.8 Å². The maximum Gasteiger partial charge on any atom is 0.325 e. The summed E-state index contributed by atoms with van der Waals surface area (Å²) in [7, 11) is 4.39. The number of nitrogens with zero attached hydrogens (tertiary/aromatic N) is 3. The molecule has 156 valence electrons. The van der Waals surface area contributed by atoms with Gasteiger partial charge in [-0.2, -0.15) is 0 Å². The molecule has 0 fully saturated rings. The number of benzene rings is 1. The molecule has 0 aliphatic rings. The predicted molar refractivity (Wildman–Crippen MR) is 109 cm³/mol. The van der Waals surface area contributed by atoms with Crippen LogP contribution < -0.4 is 9.47 Å². The highest BCUT2D eigenvalue weighted by Crippen LogP contribution is 2.24. The van der Waals surface area contributed by atoms with Gasteiger partial charge in [0.25, 0.3) is 0 Å². The summed E-state index contributed by atoms with van der Waals surface area (Å²) in [5, 5.41) is 0.525. The van der Waals surface area contributed by atoms with Gasteiger partial charge >= 0.3 is 5.97 Å². The van der Waals surface area contributed by atoms with Crippen LogP contribution in [0.2, 0.25) is 0 Å². The number of carbonyl (C=O) groups is 2. The zero-order valence-corrected chi connectivity index (χ0v) is 18.0. The first kappa shape index (κ1) is 22.5. The van der Waals surface area contributed by atoms with Crippen LogP contribution in [-0.2, 0) is 20.9 Å². The van der Waals surface area contributed by atoms with E-state index in [1.807, 2.05) is 19.9 Å². The monoisotopic (exact) mass is 419 g/mol. The van der Waals surface area contributed by atoms with Gasteiger partial charge in [0.15, 0.2) is 5.16 Å². The molecule has 2 rings (SSSR count). The maximum absolute atomic E-state index is 12.8. The molecule has 0 saturated heterocycles. The van der Waals surface area contributed by atoms with E-state index in [4.69, 9.17) is 14.2 Å². The van der Waals surface area contributed by atoms with Crippen molar-refractivity contribution in [3.05, 3.63) is 41.2 Å². The number of ether oxygens (including phenoxy) is 3. The van der Waals surface area contributed by atoms with Gasteiger partial charge in [-0.25, -0.2) is 9.97 Å². The lowest BCUT2D eigenvalue weighted by Gasteiger charge is -2.22. The topological polar surface area (TPSA) is 90.8 Å². The van der Waals surface area contributed by atoms with E-state index in [0.717, 1.165) is 17.0 Å². The second kappa shape index (κ2) is 10.7. The van der Waals surface area contributed by atoms with Gasteiger partial charge in [0, 0.05) is 24.0 Å². The van der Waals surface area contributed by atoms with Crippen molar-refractivity contribution < 1.29 is 23.8 Å². The number of aryl methyl sites for hydroxylation is 2. The Bertz CT molecular complexity index is 833. The minimum atomic E-state index is -0.499. The van der Waals surface area contributed by atoms with E-state index in [1.54, 1.807) is 32.4 Å². The average molecular weight is 420 g/mol. The van der Waals surface area contributed by atoms with E-state index < -0.39 is 5.97 Å². The molecule has 0 bridgehead atoms. The number of hydrogen-bond acceptors (Lipinski definition) is 8. The second-order valence-electron chi connectivity index (χ2n) is 6.27. The van der Waals surface area contributed by atoms with Gasteiger partial charge in [0.1, 0.15) is 18.0 Å². The largest absolute Gasteiger partial charge is 0.497 e. The van der Waals surface area contributed by atoms with Gasteiger partial charge in [0.2, 0.25) is 5.91 Å². The zero-order chi connectivity index (χ0) is 21.4. The van der Waals surface area contributed by atoms with Gasteiger partial charge in [0.05, 0.1) is 27.1 Å². The molecule has 1 heterocycles. The third-order valence-electron chi connectivity index (χ3n) is 3.97. The van der Waals surface area contributed by atoms with Crippen LogP contribution in [0.15, 0.2) is 29.4 Å². The van der Waals surface area contributed by atoms with Crippen molar-refractivity contribution in [2.45, 2.75) is 25.5 Å². The summed E-state index contributed by atoms with van der Waals surface area (Å²) in [6.45, 7) is 3.79. The summed E-state index contributed by atoms with van der Waals surface area (Å²) in [5.41, 5.74) is 2.44. The maximum atomic E-state index is 12.8. The minimum Gasteiger partial charge on any atom is -0.497 e. The molecular weight excluding hydrogens is 394 g/mol. The van der Waals surface area contributed by atoms with E-state index >= 15 is 0 Å². The molecule has 0 spiro atoms. The van der Waals surface area contributed by atoms with Crippen LogP contribution in [0.5, 0.6) is 11.5 Å². The molecule has 1 aromatic carbocycles. The highest BCUT2D eigenvalue weighted by Gasteiger charge is 2.20. The Morgan fingerprint density at radius 3 is 2.07 bits per heavy atom. The third kappa shape index (κ3) is 6.94. The molecule has 0 saturated carbocycles. The fourth-order valence-electron chi connectivity index (χ4n) is 2.61. The molecule has 0 unspecified atom stereocenters. The number of hydrogen-bond donors (Lipinski definition) is 0. The molecule has 0 aliphatic carbocycles. The Morgan fingerprint density at radius 1 is 0.966 bits per heavy atom. The lowest BCUT2D eigenvalue weighted by Crippen LogP contribution is -2.37.